The fourth-order valence-electron chi connectivity index (χ4n) is 2.72. The molecule has 0 saturated heterocycles. The average molecular weight is 328 g/mol. The minimum Gasteiger partial charge on any atom is -0.496 e. The number of amidine groups is 1. The minimum absolute atomic E-state index is 0.230. The van der Waals surface area contributed by atoms with Crippen molar-refractivity contribution in [3.8, 4) is 5.75 Å². The topological polar surface area (TPSA) is 97.7 Å². The standard InChI is InChI=1S/C13H16N2O6S/c1-19-11-4-2-3-10-9(11)5-8-20-12(10)13-14-6-7-15(13)21-22(16,17)18/h2-4,12H,5-8H2,1H3,(H,16,17,18). The van der Waals surface area contributed by atoms with Crippen LogP contribution >= 0.6 is 0 Å². The van der Waals surface area contributed by atoms with Gasteiger partial charge in [-0.15, -0.1) is 4.28 Å². The van der Waals surface area contributed by atoms with Crippen molar-refractivity contribution in [2.24, 2.45) is 4.99 Å². The highest BCUT2D eigenvalue weighted by Crippen LogP contribution is 2.35. The molecule has 0 amide bonds. The zero-order valence-corrected chi connectivity index (χ0v) is 12.7. The van der Waals surface area contributed by atoms with E-state index in [1.807, 2.05) is 18.2 Å². The van der Waals surface area contributed by atoms with Crippen molar-refractivity contribution in [1.29, 1.82) is 0 Å². The molecule has 2 aliphatic heterocycles. The van der Waals surface area contributed by atoms with Crippen LogP contribution in [0.3, 0.4) is 0 Å². The van der Waals surface area contributed by atoms with Crippen molar-refractivity contribution in [2.45, 2.75) is 12.5 Å². The molecule has 0 aliphatic carbocycles. The van der Waals surface area contributed by atoms with Gasteiger partial charge in [0.1, 0.15) is 11.9 Å². The van der Waals surface area contributed by atoms with E-state index in [-0.39, 0.29) is 6.54 Å². The number of benzene rings is 1. The van der Waals surface area contributed by atoms with Gasteiger partial charge in [-0.05, 0) is 18.1 Å². The SMILES string of the molecule is COc1cccc2c1CCOC2C1=NCCN1OS(=O)(=O)O. The van der Waals surface area contributed by atoms with Crippen molar-refractivity contribution < 1.29 is 26.7 Å². The summed E-state index contributed by atoms with van der Waals surface area (Å²) in [6, 6.07) is 5.58. The van der Waals surface area contributed by atoms with Crippen LogP contribution < -0.4 is 4.74 Å². The highest BCUT2D eigenvalue weighted by atomic mass is 32.3. The highest BCUT2D eigenvalue weighted by molar-refractivity contribution is 7.80. The number of methoxy groups -OCH3 is 1. The van der Waals surface area contributed by atoms with Gasteiger partial charge < -0.3 is 9.47 Å². The van der Waals surface area contributed by atoms with Gasteiger partial charge in [0.2, 0.25) is 0 Å². The van der Waals surface area contributed by atoms with Gasteiger partial charge in [0, 0.05) is 5.56 Å². The van der Waals surface area contributed by atoms with E-state index in [0.717, 1.165) is 21.9 Å². The van der Waals surface area contributed by atoms with E-state index < -0.39 is 16.5 Å². The van der Waals surface area contributed by atoms with Gasteiger partial charge in [0.05, 0.1) is 26.8 Å². The molecule has 22 heavy (non-hydrogen) atoms. The Bertz CT molecular complexity index is 702. The van der Waals surface area contributed by atoms with Crippen LogP contribution in [0.4, 0.5) is 0 Å². The molecule has 2 heterocycles. The maximum Gasteiger partial charge on any atom is 0.418 e. The van der Waals surface area contributed by atoms with Crippen LogP contribution in [0.1, 0.15) is 17.2 Å². The summed E-state index contributed by atoms with van der Waals surface area (Å²) < 4.78 is 46.4. The van der Waals surface area contributed by atoms with Gasteiger partial charge in [-0.1, -0.05) is 12.1 Å². The van der Waals surface area contributed by atoms with Gasteiger partial charge in [-0.25, -0.2) is 5.06 Å². The van der Waals surface area contributed by atoms with Gasteiger partial charge in [-0.3, -0.25) is 9.55 Å². The quantitative estimate of drug-likeness (QED) is 0.815. The lowest BCUT2D eigenvalue weighted by molar-refractivity contribution is -0.00000186. The molecule has 1 unspecified atom stereocenters. The number of aliphatic imine (C=N–C) groups is 1. The molecule has 2 aliphatic rings. The van der Waals surface area contributed by atoms with Crippen LogP contribution in [-0.4, -0.2) is 50.7 Å². The Hall–Kier alpha value is -1.68. The number of ether oxygens (including phenoxy) is 2. The third-order valence-corrected chi connectivity index (χ3v) is 3.93. The third kappa shape index (κ3) is 2.93. The summed E-state index contributed by atoms with van der Waals surface area (Å²) in [6.07, 6.45) is 0.144. The number of fused-ring (bicyclic) bond motifs is 1. The second-order valence-electron chi connectivity index (χ2n) is 4.87. The van der Waals surface area contributed by atoms with E-state index in [0.29, 0.717) is 25.4 Å². The maximum atomic E-state index is 10.9. The molecular formula is C13H16N2O6S. The summed E-state index contributed by atoms with van der Waals surface area (Å²) in [7, 11) is -3.01. The van der Waals surface area contributed by atoms with E-state index in [2.05, 4.69) is 9.28 Å². The van der Waals surface area contributed by atoms with Crippen molar-refractivity contribution in [3.63, 3.8) is 0 Å². The number of nitrogens with zero attached hydrogens (tertiary/aromatic N) is 2. The number of hydrogen-bond donors (Lipinski definition) is 1. The number of rotatable bonds is 4. The van der Waals surface area contributed by atoms with Gasteiger partial charge in [0.25, 0.3) is 0 Å². The smallest absolute Gasteiger partial charge is 0.418 e. The lowest BCUT2D eigenvalue weighted by Gasteiger charge is -2.30. The van der Waals surface area contributed by atoms with Crippen LogP contribution in [0.15, 0.2) is 23.2 Å². The van der Waals surface area contributed by atoms with Gasteiger partial charge in [-0.2, -0.15) is 8.42 Å². The predicted molar refractivity (Wildman–Crippen MR) is 77.0 cm³/mol. The summed E-state index contributed by atoms with van der Waals surface area (Å²) in [5, 5.41) is 1.05. The summed E-state index contributed by atoms with van der Waals surface area (Å²) in [5.74, 6) is 1.08. The average Bonchev–Trinajstić information content (AvgIpc) is 2.91. The number of hydrogen-bond acceptors (Lipinski definition) is 7. The summed E-state index contributed by atoms with van der Waals surface area (Å²) in [6.45, 7) is 1.05. The first kappa shape index (κ1) is 15.2. The summed E-state index contributed by atoms with van der Waals surface area (Å²) in [5.41, 5.74) is 1.86. The lowest BCUT2D eigenvalue weighted by Crippen LogP contribution is -2.37. The molecule has 1 N–H and O–H groups in total. The Kier molecular flexibility index (Phi) is 4.04. The van der Waals surface area contributed by atoms with Crippen LogP contribution in [0.25, 0.3) is 0 Å². The predicted octanol–water partition coefficient (Wildman–Crippen LogP) is 0.758. The van der Waals surface area contributed by atoms with Crippen LogP contribution in [0, 0.1) is 0 Å². The van der Waals surface area contributed by atoms with Crippen molar-refractivity contribution in [2.75, 3.05) is 26.8 Å². The molecule has 1 aromatic rings. The molecule has 1 aromatic carbocycles. The van der Waals surface area contributed by atoms with Crippen molar-refractivity contribution in [1.82, 2.24) is 5.06 Å². The normalized spacial score (nSPS) is 21.5. The van der Waals surface area contributed by atoms with Crippen molar-refractivity contribution in [3.05, 3.63) is 29.3 Å². The molecule has 0 aromatic heterocycles. The fourth-order valence-corrected chi connectivity index (χ4v) is 3.10. The molecule has 0 fully saturated rings. The molecule has 8 nitrogen and oxygen atoms in total. The molecule has 0 saturated carbocycles. The molecule has 0 radical (unpaired) electrons. The van der Waals surface area contributed by atoms with Gasteiger partial charge in [0.15, 0.2) is 5.84 Å². The Morgan fingerprint density at radius 3 is 3.00 bits per heavy atom. The highest BCUT2D eigenvalue weighted by Gasteiger charge is 2.35. The zero-order valence-electron chi connectivity index (χ0n) is 11.9. The minimum atomic E-state index is -4.60. The van der Waals surface area contributed by atoms with E-state index in [1.165, 1.54) is 0 Å². The summed E-state index contributed by atoms with van der Waals surface area (Å²) >= 11 is 0. The molecular weight excluding hydrogens is 312 g/mol. The molecule has 1 atom stereocenters. The first-order valence-corrected chi connectivity index (χ1v) is 8.12. The first-order chi connectivity index (χ1) is 10.5. The Labute approximate surface area is 128 Å². The Balaban J connectivity index is 1.94. The monoisotopic (exact) mass is 328 g/mol. The molecule has 120 valence electrons. The summed E-state index contributed by atoms with van der Waals surface area (Å²) in [4.78, 5) is 4.26. The zero-order chi connectivity index (χ0) is 15.7. The van der Waals surface area contributed by atoms with Crippen LogP contribution in [-0.2, 0) is 25.8 Å². The molecule has 9 heteroatoms. The number of hydroxylamine groups is 2. The van der Waals surface area contributed by atoms with E-state index in [4.69, 9.17) is 14.0 Å². The van der Waals surface area contributed by atoms with E-state index in [1.54, 1.807) is 7.11 Å². The lowest BCUT2D eigenvalue weighted by atomic mass is 9.96. The molecule has 3 rings (SSSR count). The largest absolute Gasteiger partial charge is 0.496 e. The van der Waals surface area contributed by atoms with E-state index >= 15 is 0 Å². The van der Waals surface area contributed by atoms with E-state index in [9.17, 15) is 8.42 Å². The van der Waals surface area contributed by atoms with Gasteiger partial charge >= 0.3 is 10.4 Å². The fraction of sp³-hybridized carbons (Fsp3) is 0.462. The maximum absolute atomic E-state index is 10.9. The third-order valence-electron chi connectivity index (χ3n) is 3.56. The molecule has 0 spiro atoms. The molecule has 0 bridgehead atoms. The Morgan fingerprint density at radius 1 is 1.45 bits per heavy atom. The van der Waals surface area contributed by atoms with Crippen LogP contribution in [0.2, 0.25) is 0 Å². The first-order valence-electron chi connectivity index (χ1n) is 6.76. The van der Waals surface area contributed by atoms with Crippen LogP contribution in [0.5, 0.6) is 5.75 Å². The second kappa shape index (κ2) is 5.84. The second-order valence-corrected chi connectivity index (χ2v) is 5.88. The van der Waals surface area contributed by atoms with Crippen molar-refractivity contribution >= 4 is 16.2 Å². The Morgan fingerprint density at radius 2 is 2.27 bits per heavy atom.